The Bertz CT molecular complexity index is 496. The van der Waals surface area contributed by atoms with Crippen LogP contribution in [0.4, 0.5) is 4.79 Å². The van der Waals surface area contributed by atoms with E-state index in [1.165, 1.54) is 12.1 Å². The van der Waals surface area contributed by atoms with E-state index in [0.29, 0.717) is 0 Å². The number of amides is 2. The largest absolute Gasteiger partial charge is 0.508 e. The normalized spacial score (nSPS) is 15.4. The standard InChI is InChI=1S/C14H18N2O4/c1-16(10-4-5-10)14(20)15-12(13(18)19)8-9-2-6-11(17)7-3-9/h2-3,6-7,10,12,17H,4-5,8H2,1H3,(H,15,20)(H,18,19)/t12-/m0/s1. The Labute approximate surface area is 117 Å². The highest BCUT2D eigenvalue weighted by Crippen LogP contribution is 2.25. The van der Waals surface area contributed by atoms with Crippen LogP contribution in [0.25, 0.3) is 0 Å². The first-order valence-corrected chi connectivity index (χ1v) is 6.51. The van der Waals surface area contributed by atoms with Gasteiger partial charge < -0.3 is 20.4 Å². The minimum atomic E-state index is -1.07. The van der Waals surface area contributed by atoms with Gasteiger partial charge in [0, 0.05) is 19.5 Å². The maximum Gasteiger partial charge on any atom is 0.326 e. The van der Waals surface area contributed by atoms with Crippen LogP contribution in [0.2, 0.25) is 0 Å². The number of hydrogen-bond donors (Lipinski definition) is 3. The maximum atomic E-state index is 11.9. The number of nitrogens with zero attached hydrogens (tertiary/aromatic N) is 1. The summed E-state index contributed by atoms with van der Waals surface area (Å²) >= 11 is 0. The number of carboxylic acid groups (broad SMARTS) is 1. The number of hydrogen-bond acceptors (Lipinski definition) is 3. The van der Waals surface area contributed by atoms with E-state index in [0.717, 1.165) is 18.4 Å². The van der Waals surface area contributed by atoms with Crippen LogP contribution in [0.1, 0.15) is 18.4 Å². The zero-order valence-electron chi connectivity index (χ0n) is 11.2. The van der Waals surface area contributed by atoms with Crippen LogP contribution in [0.15, 0.2) is 24.3 Å². The van der Waals surface area contributed by atoms with Crippen LogP contribution < -0.4 is 5.32 Å². The van der Waals surface area contributed by atoms with E-state index in [2.05, 4.69) is 5.32 Å². The number of phenolic OH excluding ortho intramolecular Hbond substituents is 1. The lowest BCUT2D eigenvalue weighted by molar-refractivity contribution is -0.139. The fourth-order valence-electron chi connectivity index (χ4n) is 1.95. The van der Waals surface area contributed by atoms with Crippen molar-refractivity contribution in [2.45, 2.75) is 31.3 Å². The molecule has 0 saturated heterocycles. The number of aromatic hydroxyl groups is 1. The van der Waals surface area contributed by atoms with Crippen molar-refractivity contribution >= 4 is 12.0 Å². The number of carbonyl (C=O) groups excluding carboxylic acids is 1. The van der Waals surface area contributed by atoms with Crippen molar-refractivity contribution in [2.75, 3.05) is 7.05 Å². The lowest BCUT2D eigenvalue weighted by Crippen LogP contribution is -2.48. The summed E-state index contributed by atoms with van der Waals surface area (Å²) in [5.74, 6) is -0.950. The summed E-state index contributed by atoms with van der Waals surface area (Å²) in [5.41, 5.74) is 0.740. The minimum absolute atomic E-state index is 0.123. The Morgan fingerprint density at radius 1 is 1.35 bits per heavy atom. The minimum Gasteiger partial charge on any atom is -0.508 e. The summed E-state index contributed by atoms with van der Waals surface area (Å²) in [7, 11) is 1.67. The second-order valence-electron chi connectivity index (χ2n) is 5.05. The molecule has 2 rings (SSSR count). The lowest BCUT2D eigenvalue weighted by Gasteiger charge is -2.21. The molecule has 0 aliphatic heterocycles. The number of rotatable bonds is 5. The van der Waals surface area contributed by atoms with Gasteiger partial charge in [-0.2, -0.15) is 0 Å². The molecule has 1 aromatic rings. The van der Waals surface area contributed by atoms with Gasteiger partial charge in [0.15, 0.2) is 0 Å². The van der Waals surface area contributed by atoms with E-state index in [1.54, 1.807) is 24.1 Å². The molecule has 0 unspecified atom stereocenters. The Balaban J connectivity index is 1.97. The molecule has 1 aliphatic rings. The van der Waals surface area contributed by atoms with E-state index in [1.807, 2.05) is 0 Å². The third-order valence-electron chi connectivity index (χ3n) is 3.39. The van der Waals surface area contributed by atoms with Crippen molar-refractivity contribution < 1.29 is 19.8 Å². The number of urea groups is 1. The van der Waals surface area contributed by atoms with Gasteiger partial charge in [0.2, 0.25) is 0 Å². The average molecular weight is 278 g/mol. The summed E-state index contributed by atoms with van der Waals surface area (Å²) in [6.45, 7) is 0. The zero-order chi connectivity index (χ0) is 14.7. The molecule has 1 fully saturated rings. The fraction of sp³-hybridized carbons (Fsp3) is 0.429. The SMILES string of the molecule is CN(C(=O)N[C@@H](Cc1ccc(O)cc1)C(=O)O)C1CC1. The second kappa shape index (κ2) is 5.81. The van der Waals surface area contributed by atoms with E-state index < -0.39 is 12.0 Å². The molecule has 2 amide bonds. The molecular formula is C14H18N2O4. The van der Waals surface area contributed by atoms with Crippen LogP contribution in [0, 0.1) is 0 Å². The molecule has 6 heteroatoms. The highest BCUT2D eigenvalue weighted by atomic mass is 16.4. The quantitative estimate of drug-likeness (QED) is 0.754. The predicted molar refractivity (Wildman–Crippen MR) is 72.6 cm³/mol. The van der Waals surface area contributed by atoms with Crippen molar-refractivity contribution in [2.24, 2.45) is 0 Å². The highest BCUT2D eigenvalue weighted by molar-refractivity contribution is 5.83. The molecule has 1 saturated carbocycles. The van der Waals surface area contributed by atoms with Gasteiger partial charge in [0.05, 0.1) is 0 Å². The van der Waals surface area contributed by atoms with Crippen molar-refractivity contribution in [1.29, 1.82) is 0 Å². The summed E-state index contributed by atoms with van der Waals surface area (Å²) < 4.78 is 0. The van der Waals surface area contributed by atoms with E-state index in [4.69, 9.17) is 0 Å². The van der Waals surface area contributed by atoms with Crippen molar-refractivity contribution in [3.8, 4) is 5.75 Å². The number of nitrogens with one attached hydrogen (secondary N) is 1. The number of phenols is 1. The van der Waals surface area contributed by atoms with Crippen LogP contribution in [0.5, 0.6) is 5.75 Å². The van der Waals surface area contributed by atoms with Crippen LogP contribution in [-0.2, 0) is 11.2 Å². The topological polar surface area (TPSA) is 89.9 Å². The van der Waals surface area contributed by atoms with Gasteiger partial charge in [-0.05, 0) is 30.5 Å². The van der Waals surface area contributed by atoms with Crippen molar-refractivity contribution in [1.82, 2.24) is 10.2 Å². The maximum absolute atomic E-state index is 11.9. The second-order valence-corrected chi connectivity index (χ2v) is 5.05. The van der Waals surface area contributed by atoms with Crippen molar-refractivity contribution in [3.63, 3.8) is 0 Å². The summed E-state index contributed by atoms with van der Waals surface area (Å²) in [5, 5.41) is 20.9. The van der Waals surface area contributed by atoms with Gasteiger partial charge in [0.1, 0.15) is 11.8 Å². The molecule has 108 valence electrons. The number of aliphatic carboxylic acids is 1. The Hall–Kier alpha value is -2.24. The molecule has 3 N–H and O–H groups in total. The van der Waals surface area contributed by atoms with Gasteiger partial charge in [-0.25, -0.2) is 9.59 Å². The molecule has 20 heavy (non-hydrogen) atoms. The molecule has 1 aliphatic carbocycles. The summed E-state index contributed by atoms with van der Waals surface area (Å²) in [4.78, 5) is 24.7. The van der Waals surface area contributed by atoms with Gasteiger partial charge in [-0.1, -0.05) is 12.1 Å². The van der Waals surface area contributed by atoms with Gasteiger partial charge in [-0.15, -0.1) is 0 Å². The molecule has 6 nitrogen and oxygen atoms in total. The molecular weight excluding hydrogens is 260 g/mol. The van der Waals surface area contributed by atoms with Gasteiger partial charge in [0.25, 0.3) is 0 Å². The van der Waals surface area contributed by atoms with Crippen LogP contribution >= 0.6 is 0 Å². The molecule has 1 atom stereocenters. The molecule has 0 radical (unpaired) electrons. The molecule has 0 spiro atoms. The first kappa shape index (κ1) is 14.2. The first-order valence-electron chi connectivity index (χ1n) is 6.51. The van der Waals surface area contributed by atoms with E-state index >= 15 is 0 Å². The third-order valence-corrected chi connectivity index (χ3v) is 3.39. The van der Waals surface area contributed by atoms with E-state index in [-0.39, 0.29) is 24.2 Å². The fourth-order valence-corrected chi connectivity index (χ4v) is 1.95. The Kier molecular flexibility index (Phi) is 4.12. The number of carbonyl (C=O) groups is 2. The van der Waals surface area contributed by atoms with Gasteiger partial charge in [-0.3, -0.25) is 0 Å². The summed E-state index contributed by atoms with van der Waals surface area (Å²) in [6.07, 6.45) is 2.12. The van der Waals surface area contributed by atoms with Crippen molar-refractivity contribution in [3.05, 3.63) is 29.8 Å². The highest BCUT2D eigenvalue weighted by Gasteiger charge is 2.31. The number of benzene rings is 1. The smallest absolute Gasteiger partial charge is 0.326 e. The predicted octanol–water partition coefficient (Wildman–Crippen LogP) is 1.19. The molecule has 1 aromatic carbocycles. The van der Waals surface area contributed by atoms with E-state index in [9.17, 15) is 19.8 Å². The Morgan fingerprint density at radius 2 is 1.95 bits per heavy atom. The monoisotopic (exact) mass is 278 g/mol. The Morgan fingerprint density at radius 3 is 2.45 bits per heavy atom. The molecule has 0 aromatic heterocycles. The third kappa shape index (κ3) is 3.63. The number of carboxylic acids is 1. The van der Waals surface area contributed by atoms with Crippen LogP contribution in [-0.4, -0.2) is 46.2 Å². The first-order chi connectivity index (χ1) is 9.47. The molecule has 0 bridgehead atoms. The van der Waals surface area contributed by atoms with Gasteiger partial charge >= 0.3 is 12.0 Å². The van der Waals surface area contributed by atoms with Crippen LogP contribution in [0.3, 0.4) is 0 Å². The molecule has 0 heterocycles. The zero-order valence-corrected chi connectivity index (χ0v) is 11.2. The average Bonchev–Trinajstić information content (AvgIpc) is 3.23. The lowest BCUT2D eigenvalue weighted by atomic mass is 10.1. The summed E-state index contributed by atoms with van der Waals surface area (Å²) in [6, 6.07) is 5.16.